The van der Waals surface area contributed by atoms with Crippen LogP contribution in [0, 0.1) is 0 Å². The van der Waals surface area contributed by atoms with Gasteiger partial charge in [-0.2, -0.15) is 0 Å². The van der Waals surface area contributed by atoms with E-state index in [-0.39, 0.29) is 22.8 Å². The molecule has 2 aromatic heterocycles. The second-order valence-electron chi connectivity index (χ2n) is 6.11. The van der Waals surface area contributed by atoms with Gasteiger partial charge in [-0.25, -0.2) is 9.98 Å². The van der Waals surface area contributed by atoms with Crippen LogP contribution in [0.5, 0.6) is 5.75 Å². The molecular formula is C21H17N3O3S. The Morgan fingerprint density at radius 3 is 2.75 bits per heavy atom. The number of phenolic OH excluding ortho intramolecular Hbond substituents is 1. The van der Waals surface area contributed by atoms with Crippen molar-refractivity contribution in [3.8, 4) is 5.75 Å². The fourth-order valence-corrected chi connectivity index (χ4v) is 3.25. The molecule has 0 saturated heterocycles. The largest absolute Gasteiger partial charge is 0.508 e. The van der Waals surface area contributed by atoms with Gasteiger partial charge in [-0.15, -0.1) is 11.3 Å². The van der Waals surface area contributed by atoms with Crippen LogP contribution in [0.25, 0.3) is 11.0 Å². The lowest BCUT2D eigenvalue weighted by molar-refractivity contribution is 0.102. The zero-order valence-corrected chi connectivity index (χ0v) is 15.9. The molecule has 1 amide bonds. The van der Waals surface area contributed by atoms with E-state index in [0.29, 0.717) is 21.8 Å². The smallest absolute Gasteiger partial charge is 0.262 e. The van der Waals surface area contributed by atoms with Gasteiger partial charge in [-0.05, 0) is 42.3 Å². The zero-order valence-electron chi connectivity index (χ0n) is 15.0. The van der Waals surface area contributed by atoms with E-state index in [0.717, 1.165) is 6.42 Å². The Balaban J connectivity index is 1.85. The summed E-state index contributed by atoms with van der Waals surface area (Å²) in [5.74, 6) is -0.285. The molecule has 0 fully saturated rings. The number of carbonyl (C=O) groups is 1. The lowest BCUT2D eigenvalue weighted by Gasteiger charge is -2.05. The first-order valence-corrected chi connectivity index (χ1v) is 9.62. The first-order chi connectivity index (χ1) is 13.6. The maximum absolute atomic E-state index is 12.8. The Labute approximate surface area is 164 Å². The molecule has 0 radical (unpaired) electrons. The maximum Gasteiger partial charge on any atom is 0.262 e. The summed E-state index contributed by atoms with van der Waals surface area (Å²) >= 11 is 1.33. The number of aromatic nitrogens is 1. The van der Waals surface area contributed by atoms with Crippen LogP contribution >= 0.6 is 11.3 Å². The molecule has 140 valence electrons. The minimum atomic E-state index is -0.363. The highest BCUT2D eigenvalue weighted by Gasteiger charge is 2.14. The van der Waals surface area contributed by atoms with Crippen LogP contribution in [-0.2, 0) is 6.42 Å². The van der Waals surface area contributed by atoms with E-state index in [4.69, 9.17) is 4.42 Å². The van der Waals surface area contributed by atoms with Crippen LogP contribution in [-0.4, -0.2) is 16.0 Å². The highest BCUT2D eigenvalue weighted by molar-refractivity contribution is 7.13. The number of fused-ring (bicyclic) bond motifs is 1. The number of carbonyl (C=O) groups excluding carboxylic acids is 1. The molecule has 4 aromatic rings. The third-order valence-electron chi connectivity index (χ3n) is 4.21. The second-order valence-corrected chi connectivity index (χ2v) is 7.01. The molecular weight excluding hydrogens is 374 g/mol. The van der Waals surface area contributed by atoms with Crippen LogP contribution in [0.15, 0.2) is 69.5 Å². The van der Waals surface area contributed by atoms with E-state index in [2.05, 4.69) is 22.2 Å². The Bertz CT molecular complexity index is 1200. The SMILES string of the molecule is CCc1ccc(N=c2oc3cc(O)ccc3cc2C(=O)Nc2nccs2)cc1. The first kappa shape index (κ1) is 17.9. The van der Waals surface area contributed by atoms with E-state index < -0.39 is 0 Å². The normalized spacial score (nSPS) is 11.7. The number of hydrogen-bond acceptors (Lipinski definition) is 6. The van der Waals surface area contributed by atoms with E-state index >= 15 is 0 Å². The molecule has 2 N–H and O–H groups in total. The van der Waals surface area contributed by atoms with Gasteiger partial charge in [-0.1, -0.05) is 19.1 Å². The van der Waals surface area contributed by atoms with Gasteiger partial charge in [0.2, 0.25) is 5.55 Å². The van der Waals surface area contributed by atoms with Gasteiger partial charge in [0, 0.05) is 23.0 Å². The topological polar surface area (TPSA) is 87.7 Å². The van der Waals surface area contributed by atoms with Crippen molar-refractivity contribution in [3.05, 3.63) is 76.8 Å². The molecule has 0 atom stereocenters. The Morgan fingerprint density at radius 1 is 1.21 bits per heavy atom. The third-order valence-corrected chi connectivity index (χ3v) is 4.90. The van der Waals surface area contributed by atoms with Crippen molar-refractivity contribution in [3.63, 3.8) is 0 Å². The summed E-state index contributed by atoms with van der Waals surface area (Å²) in [6.07, 6.45) is 2.55. The van der Waals surface area contributed by atoms with Gasteiger partial charge in [0.1, 0.15) is 16.9 Å². The number of nitrogens with one attached hydrogen (secondary N) is 1. The van der Waals surface area contributed by atoms with Crippen LogP contribution in [0.4, 0.5) is 10.8 Å². The number of rotatable bonds is 4. The number of hydrogen-bond donors (Lipinski definition) is 2. The zero-order chi connectivity index (χ0) is 19.5. The summed E-state index contributed by atoms with van der Waals surface area (Å²) in [6.45, 7) is 2.08. The number of phenols is 1. The monoisotopic (exact) mass is 391 g/mol. The number of aromatic hydroxyl groups is 1. The lowest BCUT2D eigenvalue weighted by Crippen LogP contribution is -2.21. The molecule has 4 rings (SSSR count). The average Bonchev–Trinajstić information content (AvgIpc) is 3.21. The van der Waals surface area contributed by atoms with Gasteiger partial charge >= 0.3 is 0 Å². The highest BCUT2D eigenvalue weighted by Crippen LogP contribution is 2.21. The predicted octanol–water partition coefficient (Wildman–Crippen LogP) is 4.64. The van der Waals surface area contributed by atoms with Crippen LogP contribution in [0.3, 0.4) is 0 Å². The lowest BCUT2D eigenvalue weighted by atomic mass is 10.1. The number of nitrogens with zero attached hydrogens (tertiary/aromatic N) is 2. The molecule has 28 heavy (non-hydrogen) atoms. The van der Waals surface area contributed by atoms with Crippen LogP contribution < -0.4 is 10.9 Å². The van der Waals surface area contributed by atoms with E-state index in [9.17, 15) is 9.90 Å². The minimum Gasteiger partial charge on any atom is -0.508 e. The quantitative estimate of drug-likeness (QED) is 0.530. The van der Waals surface area contributed by atoms with Crippen molar-refractivity contribution in [2.24, 2.45) is 4.99 Å². The van der Waals surface area contributed by atoms with Crippen molar-refractivity contribution >= 4 is 39.0 Å². The first-order valence-electron chi connectivity index (χ1n) is 8.74. The molecule has 0 aliphatic carbocycles. The van der Waals surface area contributed by atoms with Crippen molar-refractivity contribution < 1.29 is 14.3 Å². The van der Waals surface area contributed by atoms with E-state index in [1.165, 1.54) is 23.0 Å². The van der Waals surface area contributed by atoms with Crippen LogP contribution in [0.2, 0.25) is 0 Å². The second kappa shape index (κ2) is 7.66. The standard InChI is InChI=1S/C21H17N3O3S/c1-2-13-3-6-15(7-4-13)23-20-17(19(26)24-21-22-9-10-28-21)11-14-5-8-16(25)12-18(14)27-20/h3-12,25H,2H2,1H3,(H,22,24,26). The summed E-state index contributed by atoms with van der Waals surface area (Å²) in [4.78, 5) is 21.4. The van der Waals surface area contributed by atoms with Gasteiger partial charge in [-0.3, -0.25) is 10.1 Å². The molecule has 6 nitrogen and oxygen atoms in total. The van der Waals surface area contributed by atoms with Crippen molar-refractivity contribution in [1.82, 2.24) is 4.98 Å². The molecule has 0 bridgehead atoms. The van der Waals surface area contributed by atoms with Crippen molar-refractivity contribution in [2.45, 2.75) is 13.3 Å². The Hall–Kier alpha value is -3.45. The third kappa shape index (κ3) is 3.79. The number of amides is 1. The molecule has 0 aliphatic rings. The fourth-order valence-electron chi connectivity index (χ4n) is 2.73. The number of anilines is 1. The fraction of sp³-hybridized carbons (Fsp3) is 0.0952. The van der Waals surface area contributed by atoms with Crippen molar-refractivity contribution in [1.29, 1.82) is 0 Å². The van der Waals surface area contributed by atoms with E-state index in [1.807, 2.05) is 24.3 Å². The summed E-state index contributed by atoms with van der Waals surface area (Å²) in [5, 5.41) is 15.5. The van der Waals surface area contributed by atoms with E-state index in [1.54, 1.807) is 29.8 Å². The van der Waals surface area contributed by atoms with Crippen LogP contribution in [0.1, 0.15) is 22.8 Å². The maximum atomic E-state index is 12.8. The molecule has 7 heteroatoms. The van der Waals surface area contributed by atoms with Crippen molar-refractivity contribution in [2.75, 3.05) is 5.32 Å². The highest BCUT2D eigenvalue weighted by atomic mass is 32.1. The van der Waals surface area contributed by atoms with Gasteiger partial charge in [0.15, 0.2) is 5.13 Å². The summed E-state index contributed by atoms with van der Waals surface area (Å²) in [5.41, 5.74) is 2.75. The Kier molecular flexibility index (Phi) is 4.90. The summed E-state index contributed by atoms with van der Waals surface area (Å²) in [6, 6.07) is 14.2. The van der Waals surface area contributed by atoms with Gasteiger partial charge in [0.05, 0.1) is 5.69 Å². The molecule has 0 spiro atoms. The summed E-state index contributed by atoms with van der Waals surface area (Å²) < 4.78 is 5.87. The van der Waals surface area contributed by atoms with Gasteiger partial charge in [0.25, 0.3) is 5.91 Å². The number of aryl methyl sites for hydroxylation is 1. The molecule has 0 saturated carbocycles. The minimum absolute atomic E-state index is 0.0782. The molecule has 0 unspecified atom stereocenters. The molecule has 2 aromatic carbocycles. The molecule has 0 aliphatic heterocycles. The van der Waals surface area contributed by atoms with Gasteiger partial charge < -0.3 is 9.52 Å². The summed E-state index contributed by atoms with van der Waals surface area (Å²) in [7, 11) is 0. The molecule has 2 heterocycles. The number of benzene rings is 2. The predicted molar refractivity (Wildman–Crippen MR) is 109 cm³/mol. The Morgan fingerprint density at radius 2 is 2.04 bits per heavy atom. The average molecular weight is 391 g/mol. The number of thiazole rings is 1.